The Bertz CT molecular complexity index is 703. The summed E-state index contributed by atoms with van der Waals surface area (Å²) < 4.78 is 5.29. The Morgan fingerprint density at radius 1 is 1.21 bits per heavy atom. The number of benzene rings is 2. The van der Waals surface area contributed by atoms with Crippen molar-refractivity contribution < 1.29 is 4.74 Å². The topological polar surface area (TPSA) is 59.6 Å². The number of methoxy groups -OCH3 is 1. The summed E-state index contributed by atoms with van der Waals surface area (Å²) in [4.78, 5) is 4.59. The molecule has 3 rings (SSSR count). The second kappa shape index (κ2) is 7.39. The fourth-order valence-corrected chi connectivity index (χ4v) is 3.06. The largest absolute Gasteiger partial charge is 0.497 e. The average Bonchev–Trinajstić information content (AvgIpc) is 2.58. The molecule has 24 heavy (non-hydrogen) atoms. The van der Waals surface area contributed by atoms with Crippen LogP contribution < -0.4 is 15.8 Å². The van der Waals surface area contributed by atoms with Crippen LogP contribution in [0.15, 0.2) is 53.5 Å². The minimum Gasteiger partial charge on any atom is -0.497 e. The molecule has 0 spiro atoms. The van der Waals surface area contributed by atoms with Gasteiger partial charge in [-0.3, -0.25) is 0 Å². The summed E-state index contributed by atoms with van der Waals surface area (Å²) in [6, 6.07) is 16.9. The molecular formula is C20H25N3O. The molecule has 3 N–H and O–H groups in total. The number of nitrogens with zero attached hydrogens (tertiary/aromatic N) is 1. The Labute approximate surface area is 143 Å². The highest BCUT2D eigenvalue weighted by Gasteiger charge is 2.30. The first-order chi connectivity index (χ1) is 11.7. The van der Waals surface area contributed by atoms with Gasteiger partial charge < -0.3 is 15.8 Å². The molecule has 0 amide bonds. The number of aryl methyl sites for hydroxylation is 1. The van der Waals surface area contributed by atoms with Gasteiger partial charge in [0.2, 0.25) is 0 Å². The van der Waals surface area contributed by atoms with E-state index in [-0.39, 0.29) is 0 Å². The van der Waals surface area contributed by atoms with E-state index in [0.717, 1.165) is 30.7 Å². The number of nitrogens with two attached hydrogens (primary N) is 1. The summed E-state index contributed by atoms with van der Waals surface area (Å²) >= 11 is 0. The van der Waals surface area contributed by atoms with Gasteiger partial charge in [0.1, 0.15) is 5.75 Å². The molecule has 1 aliphatic rings. The smallest absolute Gasteiger partial charge is 0.193 e. The van der Waals surface area contributed by atoms with Crippen LogP contribution >= 0.6 is 0 Å². The standard InChI is InChI=1S/C20H25N3O/c1-3-14-7-9-17(10-8-14)22-20(21)23-18-11-16(12-18)15-5-4-6-19(13-15)24-2/h4-10,13,16,18H,3,11-12H2,1-2H3,(H3,21,22,23). The highest BCUT2D eigenvalue weighted by molar-refractivity contribution is 5.92. The fourth-order valence-electron chi connectivity index (χ4n) is 3.06. The Balaban J connectivity index is 1.54. The molecule has 0 atom stereocenters. The van der Waals surface area contributed by atoms with E-state index in [4.69, 9.17) is 10.5 Å². The maximum atomic E-state index is 6.04. The van der Waals surface area contributed by atoms with E-state index in [1.165, 1.54) is 11.1 Å². The van der Waals surface area contributed by atoms with Gasteiger partial charge in [0.25, 0.3) is 0 Å². The molecular weight excluding hydrogens is 298 g/mol. The number of aliphatic imine (C=N–C) groups is 1. The molecule has 0 heterocycles. The Kier molecular flexibility index (Phi) is 5.04. The van der Waals surface area contributed by atoms with Gasteiger partial charge in [-0.1, -0.05) is 31.2 Å². The van der Waals surface area contributed by atoms with Crippen molar-refractivity contribution in [1.29, 1.82) is 0 Å². The number of anilines is 1. The van der Waals surface area contributed by atoms with Crippen molar-refractivity contribution >= 4 is 11.6 Å². The SMILES string of the molecule is CCc1ccc(NC(N)=NC2CC(c3cccc(OC)c3)C2)cc1. The third-order valence-electron chi connectivity index (χ3n) is 4.63. The van der Waals surface area contributed by atoms with E-state index in [0.29, 0.717) is 17.9 Å². The first-order valence-electron chi connectivity index (χ1n) is 8.51. The van der Waals surface area contributed by atoms with Crippen LogP contribution in [0.3, 0.4) is 0 Å². The maximum absolute atomic E-state index is 6.04. The molecule has 1 saturated carbocycles. The summed E-state index contributed by atoms with van der Waals surface area (Å²) in [5.74, 6) is 1.95. The quantitative estimate of drug-likeness (QED) is 0.647. The van der Waals surface area contributed by atoms with Crippen LogP contribution in [0.1, 0.15) is 36.8 Å². The van der Waals surface area contributed by atoms with Crippen molar-refractivity contribution in [2.45, 2.75) is 38.1 Å². The van der Waals surface area contributed by atoms with Crippen molar-refractivity contribution in [2.24, 2.45) is 10.7 Å². The zero-order valence-electron chi connectivity index (χ0n) is 14.3. The fraction of sp³-hybridized carbons (Fsp3) is 0.350. The number of hydrogen-bond donors (Lipinski definition) is 2. The maximum Gasteiger partial charge on any atom is 0.193 e. The van der Waals surface area contributed by atoms with Gasteiger partial charge in [0.15, 0.2) is 5.96 Å². The number of ether oxygens (including phenoxy) is 1. The monoisotopic (exact) mass is 323 g/mol. The summed E-state index contributed by atoms with van der Waals surface area (Å²) in [5, 5.41) is 3.17. The molecule has 0 saturated heterocycles. The van der Waals surface area contributed by atoms with Crippen LogP contribution in [0.25, 0.3) is 0 Å². The van der Waals surface area contributed by atoms with Crippen molar-refractivity contribution in [2.75, 3.05) is 12.4 Å². The van der Waals surface area contributed by atoms with E-state index < -0.39 is 0 Å². The lowest BCUT2D eigenvalue weighted by molar-refractivity contribution is 0.351. The first-order valence-corrected chi connectivity index (χ1v) is 8.51. The summed E-state index contributed by atoms with van der Waals surface area (Å²) in [5.41, 5.74) is 9.66. The molecule has 126 valence electrons. The summed E-state index contributed by atoms with van der Waals surface area (Å²) in [6.07, 6.45) is 3.10. The van der Waals surface area contributed by atoms with Gasteiger partial charge in [0.05, 0.1) is 13.2 Å². The molecule has 0 unspecified atom stereocenters. The lowest BCUT2D eigenvalue weighted by Crippen LogP contribution is -2.31. The van der Waals surface area contributed by atoms with Crippen LogP contribution in [0.5, 0.6) is 5.75 Å². The molecule has 1 fully saturated rings. The van der Waals surface area contributed by atoms with Crippen LogP contribution in [0.4, 0.5) is 5.69 Å². The van der Waals surface area contributed by atoms with Crippen LogP contribution in [-0.4, -0.2) is 19.1 Å². The zero-order chi connectivity index (χ0) is 16.9. The Hall–Kier alpha value is -2.49. The first kappa shape index (κ1) is 16.4. The number of hydrogen-bond acceptors (Lipinski definition) is 2. The van der Waals surface area contributed by atoms with E-state index in [2.05, 4.69) is 41.5 Å². The number of guanidine groups is 1. The Morgan fingerprint density at radius 2 is 1.96 bits per heavy atom. The zero-order valence-corrected chi connectivity index (χ0v) is 14.3. The van der Waals surface area contributed by atoms with Gasteiger partial charge in [-0.25, -0.2) is 4.99 Å². The second-order valence-corrected chi connectivity index (χ2v) is 6.29. The number of rotatable bonds is 5. The summed E-state index contributed by atoms with van der Waals surface area (Å²) in [7, 11) is 1.70. The van der Waals surface area contributed by atoms with E-state index in [9.17, 15) is 0 Å². The molecule has 0 bridgehead atoms. The van der Waals surface area contributed by atoms with Crippen molar-refractivity contribution in [3.63, 3.8) is 0 Å². The highest BCUT2D eigenvalue weighted by atomic mass is 16.5. The van der Waals surface area contributed by atoms with Gasteiger partial charge in [-0.05, 0) is 60.6 Å². The van der Waals surface area contributed by atoms with Crippen LogP contribution in [0, 0.1) is 0 Å². The number of nitrogens with one attached hydrogen (secondary N) is 1. The lowest BCUT2D eigenvalue weighted by Gasteiger charge is -2.33. The molecule has 2 aromatic rings. The predicted molar refractivity (Wildman–Crippen MR) is 99.8 cm³/mol. The lowest BCUT2D eigenvalue weighted by atomic mass is 9.76. The van der Waals surface area contributed by atoms with Crippen LogP contribution in [-0.2, 0) is 6.42 Å². The normalized spacial score (nSPS) is 20.3. The molecule has 4 heteroatoms. The molecule has 0 aliphatic heterocycles. The third kappa shape index (κ3) is 3.88. The molecule has 2 aromatic carbocycles. The van der Waals surface area contributed by atoms with Crippen LogP contribution in [0.2, 0.25) is 0 Å². The summed E-state index contributed by atoms with van der Waals surface area (Å²) in [6.45, 7) is 2.15. The predicted octanol–water partition coefficient (Wildman–Crippen LogP) is 3.93. The highest BCUT2D eigenvalue weighted by Crippen LogP contribution is 2.39. The van der Waals surface area contributed by atoms with Gasteiger partial charge in [-0.15, -0.1) is 0 Å². The average molecular weight is 323 g/mol. The van der Waals surface area contributed by atoms with Crippen molar-refractivity contribution in [3.05, 3.63) is 59.7 Å². The third-order valence-corrected chi connectivity index (χ3v) is 4.63. The molecule has 1 aliphatic carbocycles. The van der Waals surface area contributed by atoms with E-state index in [1.54, 1.807) is 7.11 Å². The molecule has 0 radical (unpaired) electrons. The van der Waals surface area contributed by atoms with E-state index >= 15 is 0 Å². The van der Waals surface area contributed by atoms with Gasteiger partial charge in [0, 0.05) is 5.69 Å². The molecule has 4 nitrogen and oxygen atoms in total. The Morgan fingerprint density at radius 3 is 2.62 bits per heavy atom. The van der Waals surface area contributed by atoms with Gasteiger partial charge >= 0.3 is 0 Å². The minimum absolute atomic E-state index is 0.295. The minimum atomic E-state index is 0.295. The van der Waals surface area contributed by atoms with E-state index in [1.807, 2.05) is 24.3 Å². The van der Waals surface area contributed by atoms with Crippen molar-refractivity contribution in [1.82, 2.24) is 0 Å². The van der Waals surface area contributed by atoms with Crippen molar-refractivity contribution in [3.8, 4) is 5.75 Å². The molecule has 0 aromatic heterocycles. The second-order valence-electron chi connectivity index (χ2n) is 6.29. The van der Waals surface area contributed by atoms with Gasteiger partial charge in [-0.2, -0.15) is 0 Å².